The first-order chi connectivity index (χ1) is 5.58. The second kappa shape index (κ2) is 2.33. The van der Waals surface area contributed by atoms with Crippen molar-refractivity contribution in [1.29, 1.82) is 0 Å². The summed E-state index contributed by atoms with van der Waals surface area (Å²) in [5.74, 6) is 0. The van der Waals surface area contributed by atoms with Crippen LogP contribution in [0.2, 0.25) is 0 Å². The van der Waals surface area contributed by atoms with Gasteiger partial charge in [0.1, 0.15) is 5.60 Å². The normalized spacial score (nSPS) is 42.3. The zero-order valence-electron chi connectivity index (χ0n) is 7.80. The summed E-state index contributed by atoms with van der Waals surface area (Å²) in [4.78, 5) is 0. The van der Waals surface area contributed by atoms with E-state index in [0.717, 1.165) is 19.4 Å². The van der Waals surface area contributed by atoms with Crippen molar-refractivity contribution in [2.24, 2.45) is 0 Å². The Morgan fingerprint density at radius 1 is 1.58 bits per heavy atom. The fourth-order valence-electron chi connectivity index (χ4n) is 1.57. The summed E-state index contributed by atoms with van der Waals surface area (Å²) >= 11 is 0. The molecule has 2 heterocycles. The SMILES string of the molecule is C=CC1(CCC2OC2(C)C)CO1. The van der Waals surface area contributed by atoms with Crippen LogP contribution in [0.4, 0.5) is 0 Å². The van der Waals surface area contributed by atoms with Crippen molar-refractivity contribution in [3.8, 4) is 0 Å². The highest BCUT2D eigenvalue weighted by molar-refractivity contribution is 5.08. The molecule has 0 aromatic heterocycles. The largest absolute Gasteiger partial charge is 0.367 e. The minimum Gasteiger partial charge on any atom is -0.367 e. The number of epoxide rings is 2. The van der Waals surface area contributed by atoms with E-state index >= 15 is 0 Å². The first-order valence-corrected chi connectivity index (χ1v) is 4.53. The Bertz CT molecular complexity index is 204. The molecule has 0 bridgehead atoms. The molecule has 2 aliphatic heterocycles. The van der Waals surface area contributed by atoms with Crippen LogP contribution in [0.25, 0.3) is 0 Å². The van der Waals surface area contributed by atoms with Gasteiger partial charge >= 0.3 is 0 Å². The Kier molecular flexibility index (Phi) is 1.61. The molecule has 12 heavy (non-hydrogen) atoms. The summed E-state index contributed by atoms with van der Waals surface area (Å²) < 4.78 is 10.8. The monoisotopic (exact) mass is 168 g/mol. The molecule has 2 fully saturated rings. The van der Waals surface area contributed by atoms with E-state index in [1.54, 1.807) is 0 Å². The molecule has 2 unspecified atom stereocenters. The standard InChI is InChI=1S/C10H16O2/c1-4-10(7-11-10)6-5-8-9(2,3)12-8/h4,8H,1,5-7H2,2-3H3. The molecule has 0 saturated carbocycles. The second-order valence-electron chi connectivity index (χ2n) is 4.31. The van der Waals surface area contributed by atoms with Crippen molar-refractivity contribution in [2.45, 2.75) is 44.0 Å². The van der Waals surface area contributed by atoms with Crippen molar-refractivity contribution in [3.63, 3.8) is 0 Å². The Labute approximate surface area is 73.5 Å². The van der Waals surface area contributed by atoms with Gasteiger partial charge in [-0.15, -0.1) is 6.58 Å². The summed E-state index contributed by atoms with van der Waals surface area (Å²) in [6.07, 6.45) is 4.52. The van der Waals surface area contributed by atoms with Gasteiger partial charge in [-0.3, -0.25) is 0 Å². The lowest BCUT2D eigenvalue weighted by atomic mass is 9.99. The van der Waals surface area contributed by atoms with Gasteiger partial charge in [0.25, 0.3) is 0 Å². The van der Waals surface area contributed by atoms with Crippen LogP contribution in [-0.2, 0) is 9.47 Å². The van der Waals surface area contributed by atoms with E-state index < -0.39 is 0 Å². The number of rotatable bonds is 4. The molecule has 2 aliphatic rings. The highest BCUT2D eigenvalue weighted by atomic mass is 16.6. The Hall–Kier alpha value is -0.340. The van der Waals surface area contributed by atoms with Crippen LogP contribution >= 0.6 is 0 Å². The van der Waals surface area contributed by atoms with Crippen LogP contribution in [0.5, 0.6) is 0 Å². The van der Waals surface area contributed by atoms with Crippen molar-refractivity contribution >= 4 is 0 Å². The summed E-state index contributed by atoms with van der Waals surface area (Å²) in [6, 6.07) is 0. The fraction of sp³-hybridized carbons (Fsp3) is 0.800. The third-order valence-corrected chi connectivity index (χ3v) is 2.88. The maximum absolute atomic E-state index is 5.48. The summed E-state index contributed by atoms with van der Waals surface area (Å²) in [7, 11) is 0. The molecular formula is C10H16O2. The maximum atomic E-state index is 5.48. The molecular weight excluding hydrogens is 152 g/mol. The summed E-state index contributed by atoms with van der Waals surface area (Å²) in [5, 5.41) is 0. The van der Waals surface area contributed by atoms with Gasteiger partial charge in [-0.25, -0.2) is 0 Å². The Balaban J connectivity index is 1.73. The zero-order valence-corrected chi connectivity index (χ0v) is 7.80. The highest BCUT2D eigenvalue weighted by Gasteiger charge is 2.50. The number of hydrogen-bond acceptors (Lipinski definition) is 2. The molecule has 68 valence electrons. The van der Waals surface area contributed by atoms with Gasteiger partial charge < -0.3 is 9.47 Å². The minimum atomic E-state index is 0.0159. The van der Waals surface area contributed by atoms with E-state index in [2.05, 4.69) is 20.4 Å². The molecule has 0 amide bonds. The predicted octanol–water partition coefficient (Wildman–Crippen LogP) is 1.90. The molecule has 2 saturated heterocycles. The van der Waals surface area contributed by atoms with Crippen molar-refractivity contribution in [1.82, 2.24) is 0 Å². The molecule has 0 N–H and O–H groups in total. The van der Waals surface area contributed by atoms with Gasteiger partial charge in [0.2, 0.25) is 0 Å². The number of hydrogen-bond donors (Lipinski definition) is 0. The van der Waals surface area contributed by atoms with E-state index in [1.807, 2.05) is 6.08 Å². The Morgan fingerprint density at radius 3 is 2.50 bits per heavy atom. The van der Waals surface area contributed by atoms with Gasteiger partial charge in [-0.1, -0.05) is 6.08 Å². The molecule has 2 rings (SSSR count). The smallest absolute Gasteiger partial charge is 0.109 e. The second-order valence-corrected chi connectivity index (χ2v) is 4.31. The van der Waals surface area contributed by atoms with E-state index in [0.29, 0.717) is 6.10 Å². The van der Waals surface area contributed by atoms with E-state index in [-0.39, 0.29) is 11.2 Å². The molecule has 2 nitrogen and oxygen atoms in total. The van der Waals surface area contributed by atoms with Crippen molar-refractivity contribution < 1.29 is 9.47 Å². The third kappa shape index (κ3) is 1.41. The molecule has 2 atom stereocenters. The van der Waals surface area contributed by atoms with Gasteiger partial charge in [-0.05, 0) is 26.7 Å². The Morgan fingerprint density at radius 2 is 2.17 bits per heavy atom. The van der Waals surface area contributed by atoms with Gasteiger partial charge in [-0.2, -0.15) is 0 Å². The molecule has 0 aromatic rings. The van der Waals surface area contributed by atoms with E-state index in [4.69, 9.17) is 9.47 Å². The third-order valence-electron chi connectivity index (χ3n) is 2.88. The van der Waals surface area contributed by atoms with E-state index in [9.17, 15) is 0 Å². The molecule has 0 spiro atoms. The topological polar surface area (TPSA) is 25.1 Å². The van der Waals surface area contributed by atoms with Crippen LogP contribution in [0.15, 0.2) is 12.7 Å². The fourth-order valence-corrected chi connectivity index (χ4v) is 1.57. The lowest BCUT2D eigenvalue weighted by Gasteiger charge is -2.03. The van der Waals surface area contributed by atoms with Crippen LogP contribution in [0.1, 0.15) is 26.7 Å². The maximum Gasteiger partial charge on any atom is 0.109 e. The van der Waals surface area contributed by atoms with E-state index in [1.165, 1.54) is 0 Å². The van der Waals surface area contributed by atoms with Crippen molar-refractivity contribution in [2.75, 3.05) is 6.61 Å². The first-order valence-electron chi connectivity index (χ1n) is 4.53. The van der Waals surface area contributed by atoms with Gasteiger partial charge in [0.05, 0.1) is 18.3 Å². The zero-order chi connectivity index (χ0) is 8.82. The summed E-state index contributed by atoms with van der Waals surface area (Å²) in [6.45, 7) is 8.88. The van der Waals surface area contributed by atoms with Crippen LogP contribution < -0.4 is 0 Å². The minimum absolute atomic E-state index is 0.0159. The highest BCUT2D eigenvalue weighted by Crippen LogP contribution is 2.42. The average molecular weight is 168 g/mol. The van der Waals surface area contributed by atoms with Crippen LogP contribution in [-0.4, -0.2) is 23.9 Å². The quantitative estimate of drug-likeness (QED) is 0.473. The summed E-state index contributed by atoms with van der Waals surface area (Å²) in [5.41, 5.74) is 0.138. The molecule has 0 radical (unpaired) electrons. The van der Waals surface area contributed by atoms with Gasteiger partial charge in [0.15, 0.2) is 0 Å². The molecule has 0 aliphatic carbocycles. The first kappa shape index (κ1) is 8.27. The van der Waals surface area contributed by atoms with Crippen LogP contribution in [0.3, 0.4) is 0 Å². The van der Waals surface area contributed by atoms with Crippen LogP contribution in [0, 0.1) is 0 Å². The predicted molar refractivity (Wildman–Crippen MR) is 47.1 cm³/mol. The van der Waals surface area contributed by atoms with Crippen molar-refractivity contribution in [3.05, 3.63) is 12.7 Å². The lowest BCUT2D eigenvalue weighted by molar-refractivity contribution is 0.297. The van der Waals surface area contributed by atoms with Gasteiger partial charge in [0, 0.05) is 0 Å². The average Bonchev–Trinajstić information content (AvgIpc) is 2.86. The lowest BCUT2D eigenvalue weighted by Crippen LogP contribution is -2.10. The number of ether oxygens (including phenoxy) is 2. The molecule has 0 aromatic carbocycles. The molecule has 2 heteroatoms.